The van der Waals surface area contributed by atoms with Crippen molar-refractivity contribution in [1.29, 1.82) is 0 Å². The molecule has 0 aliphatic carbocycles. The minimum Gasteiger partial charge on any atom is -0.336 e. The van der Waals surface area contributed by atoms with Crippen LogP contribution in [-0.2, 0) is 0 Å². The van der Waals surface area contributed by atoms with Gasteiger partial charge in [-0.25, -0.2) is 4.79 Å². The van der Waals surface area contributed by atoms with Crippen LogP contribution >= 0.6 is 0 Å². The highest BCUT2D eigenvalue weighted by atomic mass is 16.2. The van der Waals surface area contributed by atoms with Gasteiger partial charge in [0.25, 0.3) is 0 Å². The van der Waals surface area contributed by atoms with Crippen molar-refractivity contribution in [2.45, 2.75) is 59.0 Å². The number of nitrogens with one attached hydrogen (secondary N) is 2. The summed E-state index contributed by atoms with van der Waals surface area (Å²) in [5.74, 6) is 0. The topological polar surface area (TPSA) is 41.1 Å². The fourth-order valence-corrected chi connectivity index (χ4v) is 1.05. The lowest BCUT2D eigenvalue weighted by molar-refractivity contribution is 0.232. The third-order valence-electron chi connectivity index (χ3n) is 2.31. The Hall–Kier alpha value is -0.730. The Balaban J connectivity index is 3.72. The lowest BCUT2D eigenvalue weighted by Gasteiger charge is -2.17. The van der Waals surface area contributed by atoms with Gasteiger partial charge < -0.3 is 10.6 Å². The lowest BCUT2D eigenvalue weighted by Crippen LogP contribution is -2.44. The van der Waals surface area contributed by atoms with Crippen LogP contribution in [0.1, 0.15) is 47.0 Å². The van der Waals surface area contributed by atoms with Gasteiger partial charge in [-0.15, -0.1) is 0 Å². The minimum absolute atomic E-state index is 0.0388. The van der Waals surface area contributed by atoms with E-state index in [9.17, 15) is 4.79 Å². The highest BCUT2D eigenvalue weighted by molar-refractivity contribution is 5.74. The minimum atomic E-state index is -0.0388. The molecule has 0 radical (unpaired) electrons. The van der Waals surface area contributed by atoms with Crippen LogP contribution in [0.4, 0.5) is 4.79 Å². The molecule has 78 valence electrons. The number of carbonyl (C=O) groups excluding carboxylic acids is 1. The van der Waals surface area contributed by atoms with Gasteiger partial charge in [0.2, 0.25) is 0 Å². The summed E-state index contributed by atoms with van der Waals surface area (Å²) < 4.78 is 0. The Labute approximate surface area is 81.3 Å². The van der Waals surface area contributed by atoms with E-state index >= 15 is 0 Å². The molecule has 1 unspecified atom stereocenters. The summed E-state index contributed by atoms with van der Waals surface area (Å²) in [7, 11) is 0. The third kappa shape index (κ3) is 5.50. The first kappa shape index (κ1) is 12.3. The summed E-state index contributed by atoms with van der Waals surface area (Å²) in [6, 6.07) is 0.529. The van der Waals surface area contributed by atoms with Gasteiger partial charge in [-0.05, 0) is 26.2 Å². The molecule has 0 heterocycles. The van der Waals surface area contributed by atoms with Crippen LogP contribution in [0.25, 0.3) is 0 Å². The maximum Gasteiger partial charge on any atom is 0.315 e. The number of amides is 2. The molecule has 1 atom stereocenters. The predicted molar refractivity (Wildman–Crippen MR) is 55.8 cm³/mol. The van der Waals surface area contributed by atoms with E-state index in [0.717, 1.165) is 19.3 Å². The van der Waals surface area contributed by atoms with Crippen LogP contribution in [0.2, 0.25) is 0 Å². The van der Waals surface area contributed by atoms with Crippen molar-refractivity contribution in [3.63, 3.8) is 0 Å². The molecule has 13 heavy (non-hydrogen) atoms. The van der Waals surface area contributed by atoms with Gasteiger partial charge in [-0.1, -0.05) is 20.8 Å². The molecule has 0 saturated carbocycles. The zero-order valence-electron chi connectivity index (χ0n) is 9.18. The third-order valence-corrected chi connectivity index (χ3v) is 2.31. The fraction of sp³-hybridized carbons (Fsp3) is 0.900. The molecule has 2 N–H and O–H groups in total. The van der Waals surface area contributed by atoms with Crippen LogP contribution in [0.3, 0.4) is 0 Å². The van der Waals surface area contributed by atoms with E-state index in [2.05, 4.69) is 31.4 Å². The molecule has 0 aromatic rings. The molecule has 0 fully saturated rings. The molecule has 0 aliphatic rings. The standard InChI is InChI=1S/C10H22N2O/c1-5-8(4)11-10(13)12-9(6-2)7-3/h8-9H,5-7H2,1-4H3,(H2,11,12,13). The largest absolute Gasteiger partial charge is 0.336 e. The van der Waals surface area contributed by atoms with Crippen LogP contribution in [-0.4, -0.2) is 18.1 Å². The van der Waals surface area contributed by atoms with E-state index in [0.29, 0.717) is 6.04 Å². The van der Waals surface area contributed by atoms with E-state index in [4.69, 9.17) is 0 Å². The molecule has 0 rings (SSSR count). The van der Waals surface area contributed by atoms with Crippen molar-refractivity contribution < 1.29 is 4.79 Å². The van der Waals surface area contributed by atoms with Gasteiger partial charge in [0.1, 0.15) is 0 Å². The summed E-state index contributed by atoms with van der Waals surface area (Å²) in [5.41, 5.74) is 0. The quantitative estimate of drug-likeness (QED) is 0.679. The Morgan fingerprint density at radius 1 is 1.08 bits per heavy atom. The summed E-state index contributed by atoms with van der Waals surface area (Å²) in [6.07, 6.45) is 2.95. The Morgan fingerprint density at radius 2 is 1.62 bits per heavy atom. The summed E-state index contributed by atoms with van der Waals surface area (Å²) in [4.78, 5) is 11.3. The summed E-state index contributed by atoms with van der Waals surface area (Å²) in [6.45, 7) is 8.23. The van der Waals surface area contributed by atoms with Crippen LogP contribution in [0.5, 0.6) is 0 Å². The van der Waals surface area contributed by atoms with Crippen LogP contribution in [0.15, 0.2) is 0 Å². The van der Waals surface area contributed by atoms with E-state index in [1.54, 1.807) is 0 Å². The van der Waals surface area contributed by atoms with Gasteiger partial charge >= 0.3 is 6.03 Å². The molecular formula is C10H22N2O. The Kier molecular flexibility index (Phi) is 6.37. The zero-order chi connectivity index (χ0) is 10.3. The van der Waals surface area contributed by atoms with Gasteiger partial charge in [0.15, 0.2) is 0 Å². The first-order chi connectivity index (χ1) is 6.13. The lowest BCUT2D eigenvalue weighted by atomic mass is 10.2. The molecule has 0 saturated heterocycles. The average molecular weight is 186 g/mol. The molecular weight excluding hydrogens is 164 g/mol. The summed E-state index contributed by atoms with van der Waals surface area (Å²) in [5, 5.41) is 5.81. The maximum absolute atomic E-state index is 11.3. The monoisotopic (exact) mass is 186 g/mol. The van der Waals surface area contributed by atoms with Crippen LogP contribution in [0, 0.1) is 0 Å². The second-order valence-corrected chi connectivity index (χ2v) is 3.44. The Bertz CT molecular complexity index is 144. The molecule has 0 bridgehead atoms. The second kappa shape index (κ2) is 6.75. The molecule has 0 spiro atoms. The highest BCUT2D eigenvalue weighted by Gasteiger charge is 2.09. The number of carbonyl (C=O) groups is 1. The van der Waals surface area contributed by atoms with E-state index in [1.165, 1.54) is 0 Å². The number of hydrogen-bond acceptors (Lipinski definition) is 1. The summed E-state index contributed by atoms with van der Waals surface area (Å²) >= 11 is 0. The SMILES string of the molecule is CCC(C)NC(=O)NC(CC)CC. The van der Waals surface area contributed by atoms with Crippen molar-refractivity contribution in [2.75, 3.05) is 0 Å². The number of hydrogen-bond donors (Lipinski definition) is 2. The molecule has 0 aromatic heterocycles. The molecule has 0 aliphatic heterocycles. The Morgan fingerprint density at radius 3 is 2.00 bits per heavy atom. The van der Waals surface area contributed by atoms with Crippen molar-refractivity contribution >= 4 is 6.03 Å². The highest BCUT2D eigenvalue weighted by Crippen LogP contribution is 1.96. The van der Waals surface area contributed by atoms with Crippen LogP contribution < -0.4 is 10.6 Å². The molecule has 3 heteroatoms. The first-order valence-corrected chi connectivity index (χ1v) is 5.20. The van der Waals surface area contributed by atoms with Gasteiger partial charge in [-0.3, -0.25) is 0 Å². The average Bonchev–Trinajstić information content (AvgIpc) is 2.13. The van der Waals surface area contributed by atoms with Gasteiger partial charge in [0.05, 0.1) is 0 Å². The number of urea groups is 1. The van der Waals surface area contributed by atoms with Crippen molar-refractivity contribution in [2.24, 2.45) is 0 Å². The number of rotatable bonds is 5. The smallest absolute Gasteiger partial charge is 0.315 e. The van der Waals surface area contributed by atoms with Gasteiger partial charge in [0, 0.05) is 12.1 Å². The molecule has 0 aromatic carbocycles. The fourth-order valence-electron chi connectivity index (χ4n) is 1.05. The molecule has 2 amide bonds. The van der Waals surface area contributed by atoms with Crippen molar-refractivity contribution in [1.82, 2.24) is 10.6 Å². The zero-order valence-corrected chi connectivity index (χ0v) is 9.18. The normalized spacial score (nSPS) is 12.7. The maximum atomic E-state index is 11.3. The van der Waals surface area contributed by atoms with Crippen molar-refractivity contribution in [3.05, 3.63) is 0 Å². The van der Waals surface area contributed by atoms with Gasteiger partial charge in [-0.2, -0.15) is 0 Å². The van der Waals surface area contributed by atoms with E-state index < -0.39 is 0 Å². The predicted octanol–water partition coefficient (Wildman–Crippen LogP) is 2.27. The van der Waals surface area contributed by atoms with Crippen molar-refractivity contribution in [3.8, 4) is 0 Å². The van der Waals surface area contributed by atoms with E-state index in [-0.39, 0.29) is 12.1 Å². The molecule has 3 nitrogen and oxygen atoms in total. The second-order valence-electron chi connectivity index (χ2n) is 3.44. The first-order valence-electron chi connectivity index (χ1n) is 5.20. The van der Waals surface area contributed by atoms with E-state index in [1.807, 2.05) is 6.92 Å².